The first-order valence-electron chi connectivity index (χ1n) is 9.06. The van der Waals surface area contributed by atoms with Crippen molar-refractivity contribution in [3.05, 3.63) is 65.2 Å². The number of benzene rings is 2. The number of anilines is 1. The highest BCUT2D eigenvalue weighted by atomic mass is 16.3. The largest absolute Gasteiger partial charge is 0.508 e. The van der Waals surface area contributed by atoms with Gasteiger partial charge in [0.25, 0.3) is 5.91 Å². The SMILES string of the molecule is CCN1c2ccc(/C=N/NC(=O)c3ccc(O)cc3)cc2C(C)=CC1(C)C. The van der Waals surface area contributed by atoms with Gasteiger partial charge in [-0.05, 0) is 75.2 Å². The molecule has 0 unspecified atom stereocenters. The molecule has 0 saturated heterocycles. The number of amides is 1. The zero-order valence-corrected chi connectivity index (χ0v) is 16.2. The summed E-state index contributed by atoms with van der Waals surface area (Å²) < 4.78 is 0. The monoisotopic (exact) mass is 363 g/mol. The zero-order valence-electron chi connectivity index (χ0n) is 16.2. The highest BCUT2D eigenvalue weighted by Crippen LogP contribution is 2.38. The van der Waals surface area contributed by atoms with E-state index in [1.54, 1.807) is 18.3 Å². The number of phenols is 1. The molecule has 1 aliphatic heterocycles. The number of aromatic hydroxyl groups is 1. The molecule has 3 rings (SSSR count). The van der Waals surface area contributed by atoms with E-state index in [4.69, 9.17) is 0 Å². The van der Waals surface area contributed by atoms with Gasteiger partial charge >= 0.3 is 0 Å². The molecule has 0 bridgehead atoms. The summed E-state index contributed by atoms with van der Waals surface area (Å²) in [6.45, 7) is 9.66. The van der Waals surface area contributed by atoms with Crippen LogP contribution in [0.2, 0.25) is 0 Å². The summed E-state index contributed by atoms with van der Waals surface area (Å²) in [5.41, 5.74) is 7.50. The van der Waals surface area contributed by atoms with Gasteiger partial charge < -0.3 is 10.0 Å². The maximum absolute atomic E-state index is 12.1. The van der Waals surface area contributed by atoms with Gasteiger partial charge in [-0.2, -0.15) is 5.10 Å². The Balaban J connectivity index is 1.77. The average Bonchev–Trinajstić information content (AvgIpc) is 2.62. The number of nitrogens with one attached hydrogen (secondary N) is 1. The quantitative estimate of drug-likeness (QED) is 0.633. The van der Waals surface area contributed by atoms with E-state index in [0.29, 0.717) is 5.56 Å². The molecule has 0 spiro atoms. The third kappa shape index (κ3) is 3.87. The van der Waals surface area contributed by atoms with Crippen LogP contribution in [-0.4, -0.2) is 29.3 Å². The molecule has 2 aromatic carbocycles. The Morgan fingerprint density at radius 3 is 2.59 bits per heavy atom. The standard InChI is InChI=1S/C22H25N3O2/c1-5-25-20-11-6-16(12-19(20)15(2)13-22(25,3)4)14-23-24-21(27)17-7-9-18(26)10-8-17/h6-14,26H,5H2,1-4H3,(H,24,27)/b23-14+. The van der Waals surface area contributed by atoms with Crippen LogP contribution in [0.3, 0.4) is 0 Å². The molecular formula is C22H25N3O2. The molecule has 0 aliphatic carbocycles. The first-order chi connectivity index (χ1) is 12.8. The van der Waals surface area contributed by atoms with E-state index in [2.05, 4.69) is 61.3 Å². The first kappa shape index (κ1) is 18.7. The van der Waals surface area contributed by atoms with Crippen molar-refractivity contribution >= 4 is 23.4 Å². The normalized spacial score (nSPS) is 15.4. The molecule has 0 fully saturated rings. The number of rotatable bonds is 4. The lowest BCUT2D eigenvalue weighted by molar-refractivity contribution is 0.0955. The van der Waals surface area contributed by atoms with Crippen molar-refractivity contribution in [2.45, 2.75) is 33.2 Å². The van der Waals surface area contributed by atoms with E-state index in [0.717, 1.165) is 12.1 Å². The van der Waals surface area contributed by atoms with Crippen LogP contribution in [0, 0.1) is 0 Å². The van der Waals surface area contributed by atoms with Gasteiger partial charge in [0.15, 0.2) is 0 Å². The lowest BCUT2D eigenvalue weighted by Gasteiger charge is -2.42. The fourth-order valence-corrected chi connectivity index (χ4v) is 3.60. The van der Waals surface area contributed by atoms with Gasteiger partial charge in [0.1, 0.15) is 5.75 Å². The Bertz CT molecular complexity index is 912. The number of phenolic OH excluding ortho intramolecular Hbond substituents is 1. The summed E-state index contributed by atoms with van der Waals surface area (Å²) in [5.74, 6) is -0.198. The van der Waals surface area contributed by atoms with Crippen LogP contribution < -0.4 is 10.3 Å². The van der Waals surface area contributed by atoms with Crippen LogP contribution in [0.5, 0.6) is 5.75 Å². The lowest BCUT2D eigenvalue weighted by Crippen LogP contribution is -2.44. The summed E-state index contributed by atoms with van der Waals surface area (Å²) in [6, 6.07) is 12.3. The Kier molecular flexibility index (Phi) is 5.04. The maximum atomic E-state index is 12.1. The Morgan fingerprint density at radius 2 is 1.93 bits per heavy atom. The molecule has 140 valence electrons. The van der Waals surface area contributed by atoms with Gasteiger partial charge in [0.05, 0.1) is 11.8 Å². The van der Waals surface area contributed by atoms with E-state index in [-0.39, 0.29) is 17.2 Å². The zero-order chi connectivity index (χ0) is 19.6. The van der Waals surface area contributed by atoms with Crippen molar-refractivity contribution < 1.29 is 9.90 Å². The number of hydrogen-bond donors (Lipinski definition) is 2. The molecule has 27 heavy (non-hydrogen) atoms. The van der Waals surface area contributed by atoms with E-state index in [1.165, 1.54) is 29.0 Å². The predicted molar refractivity (Wildman–Crippen MR) is 110 cm³/mol. The summed E-state index contributed by atoms with van der Waals surface area (Å²) in [4.78, 5) is 14.4. The number of carbonyl (C=O) groups is 1. The molecule has 2 N–H and O–H groups in total. The Labute approximate surface area is 160 Å². The number of nitrogens with zero attached hydrogens (tertiary/aromatic N) is 2. The number of fused-ring (bicyclic) bond motifs is 1. The summed E-state index contributed by atoms with van der Waals surface area (Å²) in [6.07, 6.45) is 3.92. The van der Waals surface area contributed by atoms with Crippen molar-refractivity contribution in [3.63, 3.8) is 0 Å². The smallest absolute Gasteiger partial charge is 0.271 e. The molecule has 0 aromatic heterocycles. The fourth-order valence-electron chi connectivity index (χ4n) is 3.60. The minimum absolute atomic E-state index is 0.0144. The number of carbonyl (C=O) groups excluding carboxylic acids is 1. The molecule has 0 atom stereocenters. The van der Waals surface area contributed by atoms with Crippen LogP contribution in [0.25, 0.3) is 5.57 Å². The second-order valence-corrected chi connectivity index (χ2v) is 7.25. The lowest BCUT2D eigenvalue weighted by atomic mass is 9.88. The second kappa shape index (κ2) is 7.27. The molecule has 0 radical (unpaired) electrons. The topological polar surface area (TPSA) is 64.9 Å². The van der Waals surface area contributed by atoms with E-state index in [1.807, 2.05) is 6.07 Å². The third-order valence-corrected chi connectivity index (χ3v) is 4.83. The van der Waals surface area contributed by atoms with Crippen LogP contribution in [0.1, 0.15) is 49.2 Å². The van der Waals surface area contributed by atoms with Gasteiger partial charge in [-0.25, -0.2) is 5.43 Å². The van der Waals surface area contributed by atoms with Crippen LogP contribution in [0.4, 0.5) is 5.69 Å². The summed E-state index contributed by atoms with van der Waals surface area (Å²) >= 11 is 0. The Hall–Kier alpha value is -3.08. The molecule has 5 nitrogen and oxygen atoms in total. The van der Waals surface area contributed by atoms with Crippen molar-refractivity contribution in [1.82, 2.24) is 5.43 Å². The van der Waals surface area contributed by atoms with Gasteiger partial charge in [-0.3, -0.25) is 4.79 Å². The first-order valence-corrected chi connectivity index (χ1v) is 9.06. The second-order valence-electron chi connectivity index (χ2n) is 7.25. The minimum atomic E-state index is -0.320. The summed E-state index contributed by atoms with van der Waals surface area (Å²) in [7, 11) is 0. The third-order valence-electron chi connectivity index (χ3n) is 4.83. The Morgan fingerprint density at radius 1 is 1.22 bits per heavy atom. The summed E-state index contributed by atoms with van der Waals surface area (Å²) in [5, 5.41) is 13.3. The van der Waals surface area contributed by atoms with Crippen molar-refractivity contribution in [3.8, 4) is 5.75 Å². The fraction of sp³-hybridized carbons (Fsp3) is 0.273. The molecule has 0 saturated carbocycles. The minimum Gasteiger partial charge on any atom is -0.508 e. The average molecular weight is 363 g/mol. The van der Waals surface area contributed by atoms with Crippen molar-refractivity contribution in [2.24, 2.45) is 5.10 Å². The van der Waals surface area contributed by atoms with Gasteiger partial charge in [-0.15, -0.1) is 0 Å². The molecule has 1 aliphatic rings. The maximum Gasteiger partial charge on any atom is 0.271 e. The van der Waals surface area contributed by atoms with Gasteiger partial charge in [0, 0.05) is 23.4 Å². The number of hydrazone groups is 1. The molecular weight excluding hydrogens is 338 g/mol. The number of hydrogen-bond acceptors (Lipinski definition) is 4. The van der Waals surface area contributed by atoms with Crippen molar-refractivity contribution in [2.75, 3.05) is 11.4 Å². The molecule has 1 heterocycles. The van der Waals surface area contributed by atoms with Crippen LogP contribution in [-0.2, 0) is 0 Å². The number of likely N-dealkylation sites (N-methyl/N-ethyl adjacent to an activating group) is 1. The van der Waals surface area contributed by atoms with Gasteiger partial charge in [0.2, 0.25) is 0 Å². The predicted octanol–water partition coefficient (Wildman–Crippen LogP) is 4.18. The highest BCUT2D eigenvalue weighted by Gasteiger charge is 2.29. The highest BCUT2D eigenvalue weighted by molar-refractivity contribution is 5.95. The molecule has 5 heteroatoms. The van der Waals surface area contributed by atoms with Gasteiger partial charge in [-0.1, -0.05) is 12.1 Å². The van der Waals surface area contributed by atoms with Crippen LogP contribution in [0.15, 0.2) is 53.6 Å². The van der Waals surface area contributed by atoms with Crippen LogP contribution >= 0.6 is 0 Å². The van der Waals surface area contributed by atoms with E-state index >= 15 is 0 Å². The molecule has 2 aromatic rings. The number of allylic oxidation sites excluding steroid dienone is 1. The van der Waals surface area contributed by atoms with E-state index in [9.17, 15) is 9.90 Å². The van der Waals surface area contributed by atoms with Crippen molar-refractivity contribution in [1.29, 1.82) is 0 Å². The molecule has 1 amide bonds. The van der Waals surface area contributed by atoms with E-state index < -0.39 is 0 Å².